The predicted octanol–water partition coefficient (Wildman–Crippen LogP) is 1.75. The monoisotopic (exact) mass is 309 g/mol. The number of carboxylic acids is 1. The first-order chi connectivity index (χ1) is 10.1. The summed E-state index contributed by atoms with van der Waals surface area (Å²) in [5.74, 6) is -0.573. The third kappa shape index (κ3) is 7.26. The zero-order chi connectivity index (χ0) is 15.5. The minimum absolute atomic E-state index is 0.394. The number of hydrazone groups is 1. The van der Waals surface area contributed by atoms with E-state index in [9.17, 15) is 4.79 Å². The van der Waals surface area contributed by atoms with Crippen molar-refractivity contribution >= 4 is 29.5 Å². The van der Waals surface area contributed by atoms with Crippen molar-refractivity contribution in [3.05, 3.63) is 29.8 Å². The molecule has 3 N–H and O–H groups in total. The molecule has 1 rings (SSSR count). The molecule has 7 heteroatoms. The van der Waals surface area contributed by atoms with Gasteiger partial charge in [-0.1, -0.05) is 25.5 Å². The van der Waals surface area contributed by atoms with Crippen LogP contribution in [0, 0.1) is 0 Å². The van der Waals surface area contributed by atoms with Crippen LogP contribution in [0.15, 0.2) is 29.4 Å². The Bertz CT molecular complexity index is 506. The summed E-state index contributed by atoms with van der Waals surface area (Å²) in [6.45, 7) is 2.51. The first-order valence-electron chi connectivity index (χ1n) is 6.64. The Labute approximate surface area is 129 Å². The van der Waals surface area contributed by atoms with Crippen molar-refractivity contribution in [2.24, 2.45) is 5.10 Å². The topological polar surface area (TPSA) is 83.0 Å². The number of unbranched alkanes of at least 4 members (excludes halogenated alkanes) is 1. The van der Waals surface area contributed by atoms with Crippen LogP contribution in [0.3, 0.4) is 0 Å². The largest absolute Gasteiger partial charge is 0.481 e. The number of hydrogen-bond donors (Lipinski definition) is 3. The van der Waals surface area contributed by atoms with Crippen LogP contribution in [0.2, 0.25) is 0 Å². The fraction of sp³-hybridized carbons (Fsp3) is 0.357. The number of thiocarbonyl (C=S) groups is 1. The summed E-state index contributed by atoms with van der Waals surface area (Å²) in [6, 6.07) is 7.03. The second kappa shape index (κ2) is 9.71. The second-order valence-corrected chi connectivity index (χ2v) is 4.61. The third-order valence-corrected chi connectivity index (χ3v) is 2.69. The first-order valence-corrected chi connectivity index (χ1v) is 7.04. The zero-order valence-electron chi connectivity index (χ0n) is 11.8. The van der Waals surface area contributed by atoms with Gasteiger partial charge in [0.1, 0.15) is 5.75 Å². The fourth-order valence-electron chi connectivity index (χ4n) is 1.44. The maximum atomic E-state index is 10.5. The van der Waals surface area contributed by atoms with Crippen LogP contribution in [0.5, 0.6) is 5.75 Å². The van der Waals surface area contributed by atoms with Crippen molar-refractivity contribution in [2.45, 2.75) is 19.8 Å². The summed E-state index contributed by atoms with van der Waals surface area (Å²) in [5, 5.41) is 16.1. The smallest absolute Gasteiger partial charge is 0.341 e. The highest BCUT2D eigenvalue weighted by Gasteiger charge is 2.03. The number of rotatable bonds is 8. The van der Waals surface area contributed by atoms with Gasteiger partial charge in [-0.3, -0.25) is 5.43 Å². The molecule has 0 aromatic heterocycles. The number of nitrogens with one attached hydrogen (secondary N) is 2. The molecule has 0 atom stereocenters. The Hall–Kier alpha value is -2.15. The van der Waals surface area contributed by atoms with Gasteiger partial charge in [-0.25, -0.2) is 4.79 Å². The minimum atomic E-state index is -1.03. The Morgan fingerprint density at radius 2 is 2.24 bits per heavy atom. The van der Waals surface area contributed by atoms with Crippen molar-refractivity contribution < 1.29 is 14.6 Å². The van der Waals surface area contributed by atoms with Crippen LogP contribution in [-0.2, 0) is 4.79 Å². The molecule has 6 nitrogen and oxygen atoms in total. The lowest BCUT2D eigenvalue weighted by Crippen LogP contribution is -2.32. The molecule has 0 bridgehead atoms. The highest BCUT2D eigenvalue weighted by Crippen LogP contribution is 2.15. The SMILES string of the molecule is CCCCNC(=S)N/N=C/c1ccccc1OCC(=O)O. The lowest BCUT2D eigenvalue weighted by molar-refractivity contribution is -0.139. The van der Waals surface area contributed by atoms with Gasteiger partial charge in [-0.05, 0) is 30.8 Å². The molecule has 0 spiro atoms. The fourth-order valence-corrected chi connectivity index (χ4v) is 1.59. The molecule has 1 aromatic rings. The standard InChI is InChI=1S/C14H19N3O3S/c1-2-3-8-15-14(21)17-16-9-11-6-4-5-7-12(11)20-10-13(18)19/h4-7,9H,2-3,8,10H2,1H3,(H,18,19)(H2,15,17,21)/b16-9+. The molecule has 0 aliphatic carbocycles. The summed E-state index contributed by atoms with van der Waals surface area (Å²) in [5.41, 5.74) is 3.37. The summed E-state index contributed by atoms with van der Waals surface area (Å²) in [7, 11) is 0. The first kappa shape index (κ1) is 16.9. The molecule has 0 heterocycles. The number of benzene rings is 1. The van der Waals surface area contributed by atoms with Crippen molar-refractivity contribution in [3.8, 4) is 5.75 Å². The molecule has 1 aromatic carbocycles. The molecule has 114 valence electrons. The van der Waals surface area contributed by atoms with E-state index in [1.165, 1.54) is 6.21 Å². The number of hydrogen-bond acceptors (Lipinski definition) is 4. The van der Waals surface area contributed by atoms with Crippen molar-refractivity contribution in [3.63, 3.8) is 0 Å². The van der Waals surface area contributed by atoms with Crippen LogP contribution >= 0.6 is 12.2 Å². The number of carbonyl (C=O) groups is 1. The van der Waals surface area contributed by atoms with Gasteiger partial charge in [0.25, 0.3) is 0 Å². The lowest BCUT2D eigenvalue weighted by Gasteiger charge is -2.07. The second-order valence-electron chi connectivity index (χ2n) is 4.20. The highest BCUT2D eigenvalue weighted by atomic mass is 32.1. The molecule has 0 radical (unpaired) electrons. The normalized spacial score (nSPS) is 10.3. The van der Waals surface area contributed by atoms with E-state index < -0.39 is 12.6 Å². The lowest BCUT2D eigenvalue weighted by atomic mass is 10.2. The summed E-state index contributed by atoms with van der Waals surface area (Å²) in [4.78, 5) is 10.5. The Morgan fingerprint density at radius 3 is 2.95 bits per heavy atom. The number of ether oxygens (including phenoxy) is 1. The van der Waals surface area contributed by atoms with E-state index in [-0.39, 0.29) is 0 Å². The van der Waals surface area contributed by atoms with Gasteiger partial charge in [0.05, 0.1) is 6.21 Å². The quantitative estimate of drug-likeness (QED) is 0.294. The Morgan fingerprint density at radius 1 is 1.48 bits per heavy atom. The van der Waals surface area contributed by atoms with Crippen LogP contribution in [0.4, 0.5) is 0 Å². The average molecular weight is 309 g/mol. The molecule has 21 heavy (non-hydrogen) atoms. The van der Waals surface area contributed by atoms with Crippen LogP contribution in [0.1, 0.15) is 25.3 Å². The molecular weight excluding hydrogens is 290 g/mol. The van der Waals surface area contributed by atoms with Gasteiger partial charge in [0.2, 0.25) is 0 Å². The van der Waals surface area contributed by atoms with Crippen molar-refractivity contribution in [1.29, 1.82) is 0 Å². The molecule has 0 saturated carbocycles. The van der Waals surface area contributed by atoms with Gasteiger partial charge < -0.3 is 15.2 Å². The molecule has 0 unspecified atom stereocenters. The summed E-state index contributed by atoms with van der Waals surface area (Å²) < 4.78 is 5.17. The van der Waals surface area contributed by atoms with Gasteiger partial charge in [-0.15, -0.1) is 0 Å². The number of nitrogens with zero attached hydrogens (tertiary/aromatic N) is 1. The minimum Gasteiger partial charge on any atom is -0.481 e. The van der Waals surface area contributed by atoms with E-state index in [2.05, 4.69) is 22.8 Å². The summed E-state index contributed by atoms with van der Waals surface area (Å²) >= 11 is 5.06. The summed E-state index contributed by atoms with van der Waals surface area (Å²) in [6.07, 6.45) is 3.66. The van der Waals surface area contributed by atoms with E-state index >= 15 is 0 Å². The highest BCUT2D eigenvalue weighted by molar-refractivity contribution is 7.80. The van der Waals surface area contributed by atoms with Crippen molar-refractivity contribution in [1.82, 2.24) is 10.7 Å². The van der Waals surface area contributed by atoms with Gasteiger partial charge in [-0.2, -0.15) is 5.10 Å². The Kier molecular flexibility index (Phi) is 7.81. The maximum absolute atomic E-state index is 10.5. The molecule has 0 aliphatic rings. The Balaban J connectivity index is 2.51. The van der Waals surface area contributed by atoms with E-state index in [1.807, 2.05) is 6.07 Å². The maximum Gasteiger partial charge on any atom is 0.341 e. The molecule has 0 aliphatic heterocycles. The molecular formula is C14H19N3O3S. The zero-order valence-corrected chi connectivity index (χ0v) is 12.7. The van der Waals surface area contributed by atoms with Crippen molar-refractivity contribution in [2.75, 3.05) is 13.2 Å². The number of carboxylic acid groups (broad SMARTS) is 1. The van der Waals surface area contributed by atoms with Crippen LogP contribution in [0.25, 0.3) is 0 Å². The van der Waals surface area contributed by atoms with Crippen LogP contribution in [-0.4, -0.2) is 35.6 Å². The van der Waals surface area contributed by atoms with Gasteiger partial charge in [0.15, 0.2) is 11.7 Å². The van der Waals surface area contributed by atoms with E-state index in [0.717, 1.165) is 19.4 Å². The predicted molar refractivity (Wildman–Crippen MR) is 85.8 cm³/mol. The van der Waals surface area contributed by atoms with E-state index in [1.54, 1.807) is 18.2 Å². The molecule has 0 amide bonds. The molecule has 0 fully saturated rings. The van der Waals surface area contributed by atoms with Gasteiger partial charge >= 0.3 is 5.97 Å². The third-order valence-electron chi connectivity index (χ3n) is 2.46. The molecule has 0 saturated heterocycles. The van der Waals surface area contributed by atoms with Gasteiger partial charge in [0, 0.05) is 12.1 Å². The van der Waals surface area contributed by atoms with E-state index in [4.69, 9.17) is 22.1 Å². The van der Waals surface area contributed by atoms with E-state index in [0.29, 0.717) is 16.4 Å². The average Bonchev–Trinajstić information content (AvgIpc) is 2.46. The number of aliphatic carboxylic acids is 1. The van der Waals surface area contributed by atoms with Crippen LogP contribution < -0.4 is 15.5 Å². The number of para-hydroxylation sites is 1.